The molecule has 0 aliphatic heterocycles. The molecule has 18 heavy (non-hydrogen) atoms. The Morgan fingerprint density at radius 3 is 2.44 bits per heavy atom. The Hall–Kier alpha value is -1.39. The highest BCUT2D eigenvalue weighted by Crippen LogP contribution is 2.18. The van der Waals surface area contributed by atoms with E-state index in [9.17, 15) is 4.79 Å². The van der Waals surface area contributed by atoms with Gasteiger partial charge < -0.3 is 4.57 Å². The van der Waals surface area contributed by atoms with Crippen LogP contribution in [0.1, 0.15) is 36.1 Å². The second-order valence-electron chi connectivity index (χ2n) is 4.08. The van der Waals surface area contributed by atoms with Crippen molar-refractivity contribution in [2.24, 2.45) is 0 Å². The van der Waals surface area contributed by atoms with Crippen LogP contribution >= 0.6 is 23.2 Å². The van der Waals surface area contributed by atoms with Gasteiger partial charge in [-0.3, -0.25) is 4.79 Å². The molecule has 0 unspecified atom stereocenters. The Bertz CT molecular complexity index is 573. The van der Waals surface area contributed by atoms with Crippen LogP contribution in [-0.4, -0.2) is 20.3 Å². The molecule has 0 atom stereocenters. The van der Waals surface area contributed by atoms with Gasteiger partial charge in [-0.2, -0.15) is 0 Å². The molecule has 0 saturated carbocycles. The molecule has 6 heteroatoms. The van der Waals surface area contributed by atoms with Gasteiger partial charge in [0.2, 0.25) is 5.78 Å². The van der Waals surface area contributed by atoms with Gasteiger partial charge in [0.05, 0.1) is 0 Å². The maximum atomic E-state index is 12.3. The average molecular weight is 284 g/mol. The summed E-state index contributed by atoms with van der Waals surface area (Å²) < 4.78 is 1.80. The zero-order valence-electron chi connectivity index (χ0n) is 9.89. The van der Waals surface area contributed by atoms with Crippen LogP contribution < -0.4 is 0 Å². The maximum Gasteiger partial charge on any atom is 0.228 e. The molecule has 2 aromatic rings. The topological polar surface area (TPSA) is 47.8 Å². The number of pyridine rings is 1. The highest BCUT2D eigenvalue weighted by molar-refractivity contribution is 6.33. The number of imidazole rings is 1. The summed E-state index contributed by atoms with van der Waals surface area (Å²) >= 11 is 11.6. The van der Waals surface area contributed by atoms with E-state index < -0.39 is 0 Å². The van der Waals surface area contributed by atoms with Gasteiger partial charge in [0.1, 0.15) is 10.3 Å². The van der Waals surface area contributed by atoms with E-state index in [1.165, 1.54) is 12.1 Å². The minimum absolute atomic E-state index is 0.152. The Balaban J connectivity index is 2.45. The smallest absolute Gasteiger partial charge is 0.228 e. The van der Waals surface area contributed by atoms with Crippen molar-refractivity contribution in [2.75, 3.05) is 0 Å². The standard InChI is InChI=1S/C12H11Cl2N3O/c1-7(2)17-4-3-15-12(17)11(18)8-5-9(13)16-10(14)6-8/h3-7H,1-2H3. The summed E-state index contributed by atoms with van der Waals surface area (Å²) in [5.74, 6) is 0.142. The third-order valence-corrected chi connectivity index (χ3v) is 2.84. The molecule has 4 nitrogen and oxygen atoms in total. The van der Waals surface area contributed by atoms with Gasteiger partial charge in [-0.15, -0.1) is 0 Å². The molecule has 0 aliphatic rings. The molecule has 2 aromatic heterocycles. The molecule has 0 amide bonds. The monoisotopic (exact) mass is 283 g/mol. The van der Waals surface area contributed by atoms with Crippen LogP contribution in [0.2, 0.25) is 10.3 Å². The molecule has 94 valence electrons. The molecule has 0 bridgehead atoms. The number of aromatic nitrogens is 3. The van der Waals surface area contributed by atoms with Gasteiger partial charge in [-0.05, 0) is 26.0 Å². The van der Waals surface area contributed by atoms with Crippen molar-refractivity contribution in [1.29, 1.82) is 0 Å². The molecule has 0 aromatic carbocycles. The van der Waals surface area contributed by atoms with Crippen LogP contribution in [-0.2, 0) is 0 Å². The van der Waals surface area contributed by atoms with Crippen molar-refractivity contribution in [3.05, 3.63) is 46.2 Å². The number of carbonyl (C=O) groups is 1. The van der Waals surface area contributed by atoms with Gasteiger partial charge in [0.15, 0.2) is 5.82 Å². The van der Waals surface area contributed by atoms with E-state index >= 15 is 0 Å². The molecule has 2 rings (SSSR count). The number of halogens is 2. The summed E-state index contributed by atoms with van der Waals surface area (Å²) in [7, 11) is 0. The second-order valence-corrected chi connectivity index (χ2v) is 4.86. The number of nitrogens with zero attached hydrogens (tertiary/aromatic N) is 3. The van der Waals surface area contributed by atoms with Gasteiger partial charge in [0.25, 0.3) is 0 Å². The van der Waals surface area contributed by atoms with Crippen LogP contribution in [0, 0.1) is 0 Å². The minimum Gasteiger partial charge on any atom is -0.326 e. The van der Waals surface area contributed by atoms with E-state index in [0.717, 1.165) is 0 Å². The number of ketones is 1. The van der Waals surface area contributed by atoms with Crippen molar-refractivity contribution in [1.82, 2.24) is 14.5 Å². The summed E-state index contributed by atoms with van der Waals surface area (Å²) in [6.45, 7) is 3.95. The quantitative estimate of drug-likeness (QED) is 0.641. The summed E-state index contributed by atoms with van der Waals surface area (Å²) in [5.41, 5.74) is 0.383. The summed E-state index contributed by atoms with van der Waals surface area (Å²) in [5, 5.41) is 0.377. The Morgan fingerprint density at radius 1 is 1.28 bits per heavy atom. The van der Waals surface area contributed by atoms with Gasteiger partial charge >= 0.3 is 0 Å². The number of carbonyl (C=O) groups excluding carboxylic acids is 1. The lowest BCUT2D eigenvalue weighted by molar-refractivity contribution is 0.102. The zero-order valence-corrected chi connectivity index (χ0v) is 11.4. The number of hydrogen-bond acceptors (Lipinski definition) is 3. The second kappa shape index (κ2) is 5.08. The largest absolute Gasteiger partial charge is 0.326 e. The zero-order chi connectivity index (χ0) is 13.3. The molecule has 0 saturated heterocycles. The van der Waals surface area contributed by atoms with Gasteiger partial charge in [0, 0.05) is 24.0 Å². The maximum absolute atomic E-state index is 12.3. The van der Waals surface area contributed by atoms with Crippen molar-refractivity contribution >= 4 is 29.0 Å². The fourth-order valence-electron chi connectivity index (χ4n) is 1.63. The predicted octanol–water partition coefficient (Wildman–Crippen LogP) is 3.40. The third kappa shape index (κ3) is 2.54. The van der Waals surface area contributed by atoms with Crippen LogP contribution in [0.4, 0.5) is 0 Å². The van der Waals surface area contributed by atoms with Crippen LogP contribution in [0.3, 0.4) is 0 Å². The molecule has 0 radical (unpaired) electrons. The summed E-state index contributed by atoms with van der Waals surface area (Å²) in [6, 6.07) is 3.11. The average Bonchev–Trinajstić information content (AvgIpc) is 2.75. The Morgan fingerprint density at radius 2 is 1.89 bits per heavy atom. The molecular formula is C12H11Cl2N3O. The highest BCUT2D eigenvalue weighted by atomic mass is 35.5. The van der Waals surface area contributed by atoms with Crippen LogP contribution in [0.25, 0.3) is 0 Å². The fourth-order valence-corrected chi connectivity index (χ4v) is 2.09. The van der Waals surface area contributed by atoms with E-state index in [4.69, 9.17) is 23.2 Å². The first kappa shape index (κ1) is 13.1. The number of hydrogen-bond donors (Lipinski definition) is 0. The molecule has 0 aliphatic carbocycles. The van der Waals surface area contributed by atoms with Gasteiger partial charge in [-0.1, -0.05) is 23.2 Å². The third-order valence-electron chi connectivity index (χ3n) is 2.45. The van der Waals surface area contributed by atoms with Crippen LogP contribution in [0.15, 0.2) is 24.5 Å². The first-order chi connectivity index (χ1) is 8.49. The van der Waals surface area contributed by atoms with E-state index in [0.29, 0.717) is 11.4 Å². The SMILES string of the molecule is CC(C)n1ccnc1C(=O)c1cc(Cl)nc(Cl)c1. The van der Waals surface area contributed by atoms with E-state index in [-0.39, 0.29) is 22.1 Å². The molecule has 0 N–H and O–H groups in total. The first-order valence-electron chi connectivity index (χ1n) is 5.39. The summed E-state index contributed by atoms with van der Waals surface area (Å²) in [6.07, 6.45) is 3.36. The lowest BCUT2D eigenvalue weighted by Gasteiger charge is -2.10. The van der Waals surface area contributed by atoms with Crippen molar-refractivity contribution in [3.8, 4) is 0 Å². The Labute approximate surface area is 115 Å². The van der Waals surface area contributed by atoms with E-state index in [1.807, 2.05) is 13.8 Å². The van der Waals surface area contributed by atoms with E-state index in [2.05, 4.69) is 9.97 Å². The number of rotatable bonds is 3. The molecule has 0 spiro atoms. The normalized spacial score (nSPS) is 10.9. The van der Waals surface area contributed by atoms with Crippen LogP contribution in [0.5, 0.6) is 0 Å². The van der Waals surface area contributed by atoms with Crippen molar-refractivity contribution < 1.29 is 4.79 Å². The highest BCUT2D eigenvalue weighted by Gasteiger charge is 2.17. The lowest BCUT2D eigenvalue weighted by atomic mass is 10.1. The predicted molar refractivity (Wildman–Crippen MR) is 70.3 cm³/mol. The molecular weight excluding hydrogens is 273 g/mol. The Kier molecular flexibility index (Phi) is 3.68. The van der Waals surface area contributed by atoms with Gasteiger partial charge in [-0.25, -0.2) is 9.97 Å². The van der Waals surface area contributed by atoms with Crippen molar-refractivity contribution in [2.45, 2.75) is 19.9 Å². The van der Waals surface area contributed by atoms with Crippen molar-refractivity contribution in [3.63, 3.8) is 0 Å². The summed E-state index contributed by atoms with van der Waals surface area (Å²) in [4.78, 5) is 20.2. The minimum atomic E-state index is -0.222. The lowest BCUT2D eigenvalue weighted by Crippen LogP contribution is -2.13. The molecule has 2 heterocycles. The first-order valence-corrected chi connectivity index (χ1v) is 6.15. The fraction of sp³-hybridized carbons (Fsp3) is 0.250. The van der Waals surface area contributed by atoms with E-state index in [1.54, 1.807) is 17.0 Å². The molecule has 0 fully saturated rings.